The van der Waals surface area contributed by atoms with Crippen LogP contribution in [0.1, 0.15) is 13.3 Å². The van der Waals surface area contributed by atoms with Crippen molar-refractivity contribution in [2.75, 3.05) is 24.5 Å². The smallest absolute Gasteiger partial charge is 0.180 e. The third kappa shape index (κ3) is 2.68. The normalized spacial score (nSPS) is 10.7. The maximum absolute atomic E-state index is 5.53. The van der Waals surface area contributed by atoms with Crippen LogP contribution >= 0.6 is 0 Å². The molecular weight excluding hydrogens is 214 g/mol. The minimum atomic E-state index is 0.691. The molecular formula is C12H17N5. The van der Waals surface area contributed by atoms with Crippen molar-refractivity contribution in [1.82, 2.24) is 15.0 Å². The number of hydrogen-bond acceptors (Lipinski definition) is 5. The second-order valence-corrected chi connectivity index (χ2v) is 3.79. The quantitative estimate of drug-likeness (QED) is 0.837. The van der Waals surface area contributed by atoms with Crippen LogP contribution in [-0.2, 0) is 0 Å². The summed E-state index contributed by atoms with van der Waals surface area (Å²) in [6.07, 6.45) is 4.30. The second-order valence-electron chi connectivity index (χ2n) is 3.79. The van der Waals surface area contributed by atoms with E-state index in [1.807, 2.05) is 12.1 Å². The zero-order valence-corrected chi connectivity index (χ0v) is 10.0. The summed E-state index contributed by atoms with van der Waals surface area (Å²) in [6, 6.07) is 3.94. The van der Waals surface area contributed by atoms with Gasteiger partial charge in [0.1, 0.15) is 11.3 Å². The lowest BCUT2D eigenvalue weighted by Crippen LogP contribution is -2.26. The minimum Gasteiger partial charge on any atom is -0.357 e. The Balaban J connectivity index is 2.27. The van der Waals surface area contributed by atoms with Crippen LogP contribution in [0.25, 0.3) is 11.2 Å². The maximum atomic E-state index is 5.53. The molecule has 0 unspecified atom stereocenters. The van der Waals surface area contributed by atoms with Crippen molar-refractivity contribution in [3.63, 3.8) is 0 Å². The van der Waals surface area contributed by atoms with Crippen molar-refractivity contribution in [3.05, 3.63) is 24.5 Å². The fourth-order valence-electron chi connectivity index (χ4n) is 1.74. The lowest BCUT2D eigenvalue weighted by atomic mass is 10.3. The van der Waals surface area contributed by atoms with Crippen molar-refractivity contribution in [2.24, 2.45) is 5.73 Å². The van der Waals surface area contributed by atoms with E-state index in [4.69, 9.17) is 5.73 Å². The first kappa shape index (κ1) is 11.7. The lowest BCUT2D eigenvalue weighted by molar-refractivity contribution is 0.746. The van der Waals surface area contributed by atoms with Gasteiger partial charge in [-0.2, -0.15) is 0 Å². The molecule has 0 radical (unpaired) electrons. The first-order valence-electron chi connectivity index (χ1n) is 5.88. The summed E-state index contributed by atoms with van der Waals surface area (Å²) in [5.74, 6) is 0.939. The van der Waals surface area contributed by atoms with Crippen molar-refractivity contribution < 1.29 is 0 Å². The summed E-state index contributed by atoms with van der Waals surface area (Å²) < 4.78 is 0. The van der Waals surface area contributed by atoms with Gasteiger partial charge in [-0.15, -0.1) is 0 Å². The molecule has 0 amide bonds. The fraction of sp³-hybridized carbons (Fsp3) is 0.417. The second kappa shape index (κ2) is 5.54. The molecule has 0 spiro atoms. The van der Waals surface area contributed by atoms with Gasteiger partial charge in [0.2, 0.25) is 0 Å². The lowest BCUT2D eigenvalue weighted by Gasteiger charge is -2.21. The third-order valence-corrected chi connectivity index (χ3v) is 2.65. The first-order valence-corrected chi connectivity index (χ1v) is 5.88. The van der Waals surface area contributed by atoms with Crippen LogP contribution < -0.4 is 10.6 Å². The summed E-state index contributed by atoms with van der Waals surface area (Å²) >= 11 is 0. The molecule has 0 saturated heterocycles. The van der Waals surface area contributed by atoms with E-state index in [1.165, 1.54) is 0 Å². The zero-order chi connectivity index (χ0) is 12.1. The Labute approximate surface area is 101 Å². The van der Waals surface area contributed by atoms with Crippen LogP contribution in [0.5, 0.6) is 0 Å². The zero-order valence-electron chi connectivity index (χ0n) is 10.0. The van der Waals surface area contributed by atoms with Crippen molar-refractivity contribution >= 4 is 17.0 Å². The number of anilines is 1. The number of rotatable bonds is 5. The van der Waals surface area contributed by atoms with Crippen molar-refractivity contribution in [3.8, 4) is 0 Å². The van der Waals surface area contributed by atoms with Gasteiger partial charge in [-0.1, -0.05) is 0 Å². The van der Waals surface area contributed by atoms with Gasteiger partial charge in [-0.3, -0.25) is 4.98 Å². The SMILES string of the molecule is CCN(CCCN)c1ccc2nccnc2n1. The van der Waals surface area contributed by atoms with Crippen LogP contribution in [0.4, 0.5) is 5.82 Å². The van der Waals surface area contributed by atoms with Gasteiger partial charge in [0.15, 0.2) is 5.65 Å². The van der Waals surface area contributed by atoms with E-state index in [0.717, 1.165) is 30.8 Å². The van der Waals surface area contributed by atoms with Gasteiger partial charge in [0.05, 0.1) is 0 Å². The molecule has 2 aromatic rings. The van der Waals surface area contributed by atoms with Gasteiger partial charge in [0.25, 0.3) is 0 Å². The molecule has 2 heterocycles. The number of hydrogen-bond donors (Lipinski definition) is 1. The highest BCUT2D eigenvalue weighted by Gasteiger charge is 2.06. The number of pyridine rings is 1. The third-order valence-electron chi connectivity index (χ3n) is 2.65. The summed E-state index contributed by atoms with van der Waals surface area (Å²) in [7, 11) is 0. The van der Waals surface area contributed by atoms with Crippen LogP contribution in [0.2, 0.25) is 0 Å². The molecule has 2 aromatic heterocycles. The van der Waals surface area contributed by atoms with Crippen LogP contribution in [-0.4, -0.2) is 34.6 Å². The molecule has 0 atom stereocenters. The fourth-order valence-corrected chi connectivity index (χ4v) is 1.74. The molecule has 0 aliphatic carbocycles. The molecule has 2 rings (SSSR count). The summed E-state index contributed by atoms with van der Waals surface area (Å²) in [6.45, 7) is 4.65. The maximum Gasteiger partial charge on any atom is 0.180 e. The molecule has 0 aromatic carbocycles. The van der Waals surface area contributed by atoms with E-state index in [1.54, 1.807) is 12.4 Å². The number of fused-ring (bicyclic) bond motifs is 1. The summed E-state index contributed by atoms with van der Waals surface area (Å²) in [5.41, 5.74) is 7.05. The molecule has 5 heteroatoms. The van der Waals surface area contributed by atoms with E-state index in [0.29, 0.717) is 12.2 Å². The molecule has 0 aliphatic rings. The van der Waals surface area contributed by atoms with Crippen LogP contribution in [0.15, 0.2) is 24.5 Å². The Bertz CT molecular complexity index is 485. The Kier molecular flexibility index (Phi) is 3.82. The summed E-state index contributed by atoms with van der Waals surface area (Å²) in [4.78, 5) is 15.1. The molecule has 0 aliphatic heterocycles. The standard InChI is InChI=1S/C12H17N5/c1-2-17(9-3-6-13)11-5-4-10-12(16-11)15-8-7-14-10/h4-5,7-8H,2-3,6,9,13H2,1H3. The Morgan fingerprint density at radius 2 is 2.06 bits per heavy atom. The van der Waals surface area contributed by atoms with Gasteiger partial charge in [-0.25, -0.2) is 9.97 Å². The Hall–Kier alpha value is -1.75. The van der Waals surface area contributed by atoms with E-state index in [9.17, 15) is 0 Å². The topological polar surface area (TPSA) is 67.9 Å². The molecule has 17 heavy (non-hydrogen) atoms. The predicted molar refractivity (Wildman–Crippen MR) is 68.9 cm³/mol. The highest BCUT2D eigenvalue weighted by molar-refractivity contribution is 5.71. The Morgan fingerprint density at radius 3 is 2.82 bits per heavy atom. The highest BCUT2D eigenvalue weighted by Crippen LogP contribution is 2.14. The number of nitrogens with two attached hydrogens (primary N) is 1. The van der Waals surface area contributed by atoms with Crippen molar-refractivity contribution in [2.45, 2.75) is 13.3 Å². The van der Waals surface area contributed by atoms with Gasteiger partial charge in [0, 0.05) is 25.5 Å². The van der Waals surface area contributed by atoms with Gasteiger partial charge in [-0.05, 0) is 32.0 Å². The average Bonchev–Trinajstić information content (AvgIpc) is 2.39. The monoisotopic (exact) mass is 231 g/mol. The van der Waals surface area contributed by atoms with Crippen LogP contribution in [0.3, 0.4) is 0 Å². The Morgan fingerprint density at radius 1 is 1.24 bits per heavy atom. The molecule has 0 bridgehead atoms. The van der Waals surface area contributed by atoms with E-state index < -0.39 is 0 Å². The van der Waals surface area contributed by atoms with E-state index in [-0.39, 0.29) is 0 Å². The number of aromatic nitrogens is 3. The van der Waals surface area contributed by atoms with Gasteiger partial charge < -0.3 is 10.6 Å². The molecule has 5 nitrogen and oxygen atoms in total. The van der Waals surface area contributed by atoms with Crippen molar-refractivity contribution in [1.29, 1.82) is 0 Å². The molecule has 2 N–H and O–H groups in total. The van der Waals surface area contributed by atoms with E-state index in [2.05, 4.69) is 26.8 Å². The predicted octanol–water partition coefficient (Wildman–Crippen LogP) is 1.20. The molecule has 90 valence electrons. The van der Waals surface area contributed by atoms with Gasteiger partial charge >= 0.3 is 0 Å². The summed E-state index contributed by atoms with van der Waals surface area (Å²) in [5, 5.41) is 0. The minimum absolute atomic E-state index is 0.691. The van der Waals surface area contributed by atoms with E-state index >= 15 is 0 Å². The molecule has 0 fully saturated rings. The number of nitrogens with zero attached hydrogens (tertiary/aromatic N) is 4. The highest BCUT2D eigenvalue weighted by atomic mass is 15.2. The largest absolute Gasteiger partial charge is 0.357 e. The van der Waals surface area contributed by atoms with Crippen LogP contribution in [0, 0.1) is 0 Å². The first-order chi connectivity index (χ1) is 8.35. The average molecular weight is 231 g/mol. The molecule has 0 saturated carbocycles.